The van der Waals surface area contributed by atoms with Crippen molar-refractivity contribution in [2.75, 3.05) is 42.7 Å². The van der Waals surface area contributed by atoms with Crippen LogP contribution in [-0.4, -0.2) is 54.4 Å². The number of ether oxygens (including phenoxy) is 8. The average Bonchev–Trinajstić information content (AvgIpc) is 3.29. The number of hydrogen-bond acceptors (Lipinski definition) is 10. The second-order valence-corrected chi connectivity index (χ2v) is 8.92. The van der Waals surface area contributed by atoms with Gasteiger partial charge in [0.2, 0.25) is 5.78 Å². The predicted molar refractivity (Wildman–Crippen MR) is 144 cm³/mol. The van der Waals surface area contributed by atoms with E-state index in [4.69, 9.17) is 37.9 Å². The molecule has 1 atom stereocenters. The van der Waals surface area contributed by atoms with Crippen LogP contribution in [0.2, 0.25) is 0 Å². The van der Waals surface area contributed by atoms with Crippen LogP contribution in [0.3, 0.4) is 0 Å². The number of allylic oxidation sites excluding steroid dienone is 1. The molecule has 2 heterocycles. The van der Waals surface area contributed by atoms with E-state index in [0.29, 0.717) is 68.2 Å². The van der Waals surface area contributed by atoms with Gasteiger partial charge in [-0.2, -0.15) is 0 Å². The largest absolute Gasteiger partial charge is 0.496 e. The van der Waals surface area contributed by atoms with Gasteiger partial charge in [-0.3, -0.25) is 9.59 Å². The van der Waals surface area contributed by atoms with E-state index < -0.39 is 11.9 Å². The number of methoxy groups -OCH3 is 6. The van der Waals surface area contributed by atoms with Crippen molar-refractivity contribution in [1.82, 2.24) is 0 Å². The first-order chi connectivity index (χ1) is 19.4. The summed E-state index contributed by atoms with van der Waals surface area (Å²) < 4.78 is 44.7. The molecule has 40 heavy (non-hydrogen) atoms. The molecule has 0 unspecified atom stereocenters. The minimum Gasteiger partial charge on any atom is -0.496 e. The maximum absolute atomic E-state index is 13.5. The zero-order valence-electron chi connectivity index (χ0n) is 22.9. The molecule has 0 bridgehead atoms. The fourth-order valence-corrected chi connectivity index (χ4v) is 5.00. The Morgan fingerprint density at radius 3 is 1.90 bits per heavy atom. The minimum atomic E-state index is -0.552. The molecule has 0 N–H and O–H groups in total. The molecule has 0 fully saturated rings. The fraction of sp³-hybridized carbons (Fsp3) is 0.267. The predicted octanol–water partition coefficient (Wildman–Crippen LogP) is 4.80. The van der Waals surface area contributed by atoms with Crippen molar-refractivity contribution in [1.29, 1.82) is 0 Å². The molecule has 0 aromatic heterocycles. The van der Waals surface area contributed by atoms with Gasteiger partial charge in [-0.05, 0) is 30.3 Å². The summed E-state index contributed by atoms with van der Waals surface area (Å²) in [7, 11) is 9.13. The van der Waals surface area contributed by atoms with Crippen molar-refractivity contribution < 1.29 is 47.5 Å². The van der Waals surface area contributed by atoms with Crippen LogP contribution in [0.25, 0.3) is 6.08 Å². The van der Waals surface area contributed by atoms with Crippen LogP contribution < -0.4 is 37.9 Å². The molecule has 2 aliphatic heterocycles. The van der Waals surface area contributed by atoms with Gasteiger partial charge in [-0.1, -0.05) is 0 Å². The number of rotatable bonds is 8. The second kappa shape index (κ2) is 10.7. The lowest BCUT2D eigenvalue weighted by atomic mass is 9.84. The lowest BCUT2D eigenvalue weighted by Gasteiger charge is -2.28. The first-order valence-corrected chi connectivity index (χ1v) is 12.3. The van der Waals surface area contributed by atoms with Crippen molar-refractivity contribution in [3.05, 3.63) is 64.4 Å². The molecule has 3 aromatic rings. The van der Waals surface area contributed by atoms with Crippen molar-refractivity contribution in [2.45, 2.75) is 12.3 Å². The Morgan fingerprint density at radius 2 is 1.27 bits per heavy atom. The third-order valence-corrected chi connectivity index (χ3v) is 6.91. The third-order valence-electron chi connectivity index (χ3n) is 6.91. The van der Waals surface area contributed by atoms with E-state index in [1.807, 2.05) is 0 Å². The van der Waals surface area contributed by atoms with Gasteiger partial charge >= 0.3 is 5.97 Å². The highest BCUT2D eigenvalue weighted by atomic mass is 16.5. The van der Waals surface area contributed by atoms with Crippen LogP contribution in [0, 0.1) is 0 Å². The van der Waals surface area contributed by atoms with Crippen LogP contribution in [0.5, 0.6) is 46.0 Å². The number of fused-ring (bicyclic) bond motifs is 3. The van der Waals surface area contributed by atoms with E-state index >= 15 is 0 Å². The van der Waals surface area contributed by atoms with Gasteiger partial charge in [0, 0.05) is 34.7 Å². The molecular weight excluding hydrogens is 520 g/mol. The van der Waals surface area contributed by atoms with E-state index in [9.17, 15) is 9.59 Å². The van der Waals surface area contributed by atoms with E-state index in [0.717, 1.165) is 0 Å². The molecule has 0 saturated heterocycles. The molecule has 10 nitrogen and oxygen atoms in total. The van der Waals surface area contributed by atoms with E-state index in [1.165, 1.54) is 42.7 Å². The highest BCUT2D eigenvalue weighted by molar-refractivity contribution is 6.15. The lowest BCUT2D eigenvalue weighted by molar-refractivity contribution is -0.135. The van der Waals surface area contributed by atoms with Crippen molar-refractivity contribution in [2.24, 2.45) is 0 Å². The quantitative estimate of drug-likeness (QED) is 0.221. The van der Waals surface area contributed by atoms with Crippen LogP contribution in [0.1, 0.15) is 39.4 Å². The topological polar surface area (TPSA) is 108 Å². The van der Waals surface area contributed by atoms with Crippen molar-refractivity contribution in [3.63, 3.8) is 0 Å². The zero-order chi connectivity index (χ0) is 28.6. The van der Waals surface area contributed by atoms with E-state index in [2.05, 4.69) is 0 Å². The molecule has 10 heteroatoms. The Kier molecular flexibility index (Phi) is 7.17. The van der Waals surface area contributed by atoms with Gasteiger partial charge in [0.1, 0.15) is 23.0 Å². The molecule has 0 radical (unpaired) electrons. The Labute approximate surface area is 230 Å². The van der Waals surface area contributed by atoms with Crippen LogP contribution >= 0.6 is 0 Å². The summed E-state index contributed by atoms with van der Waals surface area (Å²) in [5.41, 5.74) is 2.10. The maximum atomic E-state index is 13.5. The standard InChI is InChI=1S/C30H28O10/c1-33-20-13-24(37-5)22(35-3)9-15(20)10-26-29(32)16-7-8-19-28(30(16)40-26)18(12-27(31)39-19)17-11-23(36-4)25(38-6)14-21(17)34-2/h7-11,13-14,18H,12H2,1-6H3/b26-10-/t18-/m0/s1. The van der Waals surface area contributed by atoms with E-state index in [-0.39, 0.29) is 18.0 Å². The maximum Gasteiger partial charge on any atom is 0.312 e. The van der Waals surface area contributed by atoms with Crippen LogP contribution in [0.4, 0.5) is 0 Å². The lowest BCUT2D eigenvalue weighted by Crippen LogP contribution is -2.22. The molecule has 2 aliphatic rings. The smallest absolute Gasteiger partial charge is 0.312 e. The first-order valence-electron chi connectivity index (χ1n) is 12.3. The van der Waals surface area contributed by atoms with Crippen LogP contribution in [0.15, 0.2) is 42.2 Å². The molecule has 3 aromatic carbocycles. The zero-order valence-corrected chi connectivity index (χ0v) is 22.9. The molecular formula is C30H28O10. The highest BCUT2D eigenvalue weighted by Gasteiger charge is 2.40. The number of carbonyl (C=O) groups is 2. The summed E-state index contributed by atoms with van der Waals surface area (Å²) in [6.07, 6.45) is 1.58. The third kappa shape index (κ3) is 4.41. The monoisotopic (exact) mass is 548 g/mol. The van der Waals surface area contributed by atoms with Crippen molar-refractivity contribution >= 4 is 17.8 Å². The number of carbonyl (C=O) groups excluding carboxylic acids is 2. The summed E-state index contributed by atoms with van der Waals surface area (Å²) in [6, 6.07) is 10.00. The first kappa shape index (κ1) is 26.7. The molecule has 0 spiro atoms. The van der Waals surface area contributed by atoms with Crippen molar-refractivity contribution in [3.8, 4) is 46.0 Å². The number of hydrogen-bond donors (Lipinski definition) is 0. The molecule has 5 rings (SSSR count). The Bertz CT molecular complexity index is 1540. The normalized spacial score (nSPS) is 16.4. The summed E-state index contributed by atoms with van der Waals surface area (Å²) in [6.45, 7) is 0. The second-order valence-electron chi connectivity index (χ2n) is 8.92. The summed E-state index contributed by atoms with van der Waals surface area (Å²) >= 11 is 0. The van der Waals surface area contributed by atoms with Gasteiger partial charge < -0.3 is 37.9 Å². The van der Waals surface area contributed by atoms with Gasteiger partial charge in [0.15, 0.2) is 28.8 Å². The minimum absolute atomic E-state index is 0.00457. The fourth-order valence-electron chi connectivity index (χ4n) is 5.00. The highest BCUT2D eigenvalue weighted by Crippen LogP contribution is 2.52. The molecule has 208 valence electrons. The summed E-state index contributed by atoms with van der Waals surface area (Å²) in [5, 5.41) is 0. The summed E-state index contributed by atoms with van der Waals surface area (Å²) in [5.74, 6) is 2.19. The Balaban J connectivity index is 1.64. The van der Waals surface area contributed by atoms with Crippen LogP contribution in [-0.2, 0) is 4.79 Å². The number of benzene rings is 3. The van der Waals surface area contributed by atoms with Gasteiger partial charge in [0.05, 0.1) is 54.6 Å². The van der Waals surface area contributed by atoms with E-state index in [1.54, 1.807) is 42.5 Å². The Morgan fingerprint density at radius 1 is 0.700 bits per heavy atom. The number of ketones is 1. The Hall–Kier alpha value is -4.86. The number of esters is 1. The van der Waals surface area contributed by atoms with Gasteiger partial charge in [-0.15, -0.1) is 0 Å². The van der Waals surface area contributed by atoms with Gasteiger partial charge in [0.25, 0.3) is 0 Å². The number of Topliss-reactive ketones (excluding diaryl/α,β-unsaturated/α-hetero) is 1. The molecule has 0 saturated carbocycles. The molecule has 0 aliphatic carbocycles. The van der Waals surface area contributed by atoms with Gasteiger partial charge in [-0.25, -0.2) is 0 Å². The summed E-state index contributed by atoms with van der Waals surface area (Å²) in [4.78, 5) is 26.2. The SMILES string of the molecule is COc1cc(OC)c(OC)cc1/C=C1\Oc2c(ccc3c2[C@H](c2cc(OC)c(OC)cc2OC)CC(=O)O3)C1=O. The average molecular weight is 549 g/mol. The molecule has 0 amide bonds.